The maximum Gasteiger partial charge on any atom is 0.243 e. The van der Waals surface area contributed by atoms with Crippen molar-refractivity contribution in [2.75, 3.05) is 45.0 Å². The fourth-order valence-corrected chi connectivity index (χ4v) is 5.80. The second-order valence-corrected chi connectivity index (χ2v) is 11.0. The summed E-state index contributed by atoms with van der Waals surface area (Å²) in [5.41, 5.74) is 0. The first-order chi connectivity index (χ1) is 12.6. The van der Waals surface area contributed by atoms with Gasteiger partial charge < -0.3 is 5.32 Å². The van der Waals surface area contributed by atoms with Crippen LogP contribution in [0.15, 0.2) is 29.2 Å². The molecule has 27 heavy (non-hydrogen) atoms. The Kier molecular flexibility index (Phi) is 7.75. The number of piperazine rings is 1. The topological polar surface area (TPSA) is 86.8 Å². The van der Waals surface area contributed by atoms with Gasteiger partial charge in [0.05, 0.1) is 10.6 Å². The van der Waals surface area contributed by atoms with Crippen molar-refractivity contribution in [1.29, 1.82) is 0 Å². The lowest BCUT2D eigenvalue weighted by Gasteiger charge is -2.28. The maximum atomic E-state index is 13.1. The Morgan fingerprint density at radius 1 is 1.07 bits per heavy atom. The van der Waals surface area contributed by atoms with E-state index in [0.29, 0.717) is 32.6 Å². The molecule has 0 radical (unpaired) electrons. The molecule has 1 aromatic carbocycles. The standard InChI is InChI=1S/C17H28FN3O4S2/c1-15(2)7-10-21(27(24,25)17-5-3-16(18)4-6-17)13-14-26(22,23)20-11-8-19-9-12-20/h3-6,15,19H,7-14H2,1-2H3. The Balaban J connectivity index is 2.17. The molecular formula is C17H28FN3O4S2. The van der Waals surface area contributed by atoms with Crippen LogP contribution in [0.5, 0.6) is 0 Å². The number of hydrogen-bond acceptors (Lipinski definition) is 5. The van der Waals surface area contributed by atoms with Crippen molar-refractivity contribution in [2.45, 2.75) is 25.2 Å². The zero-order valence-corrected chi connectivity index (χ0v) is 17.4. The van der Waals surface area contributed by atoms with E-state index in [1.807, 2.05) is 13.8 Å². The largest absolute Gasteiger partial charge is 0.314 e. The SMILES string of the molecule is CC(C)CCN(CCS(=O)(=O)N1CCNCC1)S(=O)(=O)c1ccc(F)cc1. The molecule has 0 bridgehead atoms. The van der Waals surface area contributed by atoms with E-state index in [0.717, 1.165) is 12.1 Å². The fraction of sp³-hybridized carbons (Fsp3) is 0.647. The average Bonchev–Trinajstić information content (AvgIpc) is 2.62. The third-order valence-corrected chi connectivity index (χ3v) is 8.24. The van der Waals surface area contributed by atoms with E-state index in [1.54, 1.807) is 0 Å². The lowest BCUT2D eigenvalue weighted by molar-refractivity contribution is 0.353. The highest BCUT2D eigenvalue weighted by molar-refractivity contribution is 7.90. The quantitative estimate of drug-likeness (QED) is 0.645. The average molecular weight is 422 g/mol. The first-order valence-corrected chi connectivity index (χ1v) is 12.1. The zero-order chi connectivity index (χ0) is 20.1. The number of sulfonamides is 2. The summed E-state index contributed by atoms with van der Waals surface area (Å²) in [6.45, 7) is 5.99. The Labute approximate surface area is 161 Å². The third-order valence-electron chi connectivity index (χ3n) is 4.48. The summed E-state index contributed by atoms with van der Waals surface area (Å²) in [6.07, 6.45) is 0.605. The highest BCUT2D eigenvalue weighted by Crippen LogP contribution is 2.18. The molecule has 7 nitrogen and oxygen atoms in total. The van der Waals surface area contributed by atoms with Crippen molar-refractivity contribution in [3.8, 4) is 0 Å². The van der Waals surface area contributed by atoms with Crippen LogP contribution in [0, 0.1) is 11.7 Å². The summed E-state index contributed by atoms with van der Waals surface area (Å²) in [7, 11) is -7.43. The number of rotatable bonds is 9. The molecule has 1 N–H and O–H groups in total. The minimum absolute atomic E-state index is 0.0350. The van der Waals surface area contributed by atoms with Gasteiger partial charge in [-0.1, -0.05) is 13.8 Å². The molecule has 0 saturated carbocycles. The first kappa shape index (κ1) is 22.2. The van der Waals surface area contributed by atoms with Crippen LogP contribution in [-0.4, -0.2) is 70.5 Å². The second-order valence-electron chi connectivity index (χ2n) is 7.01. The molecule has 0 spiro atoms. The first-order valence-electron chi connectivity index (χ1n) is 9.07. The summed E-state index contributed by atoms with van der Waals surface area (Å²) in [6, 6.07) is 4.59. The molecule has 0 aromatic heterocycles. The number of nitrogens with one attached hydrogen (secondary N) is 1. The minimum atomic E-state index is -3.90. The molecule has 1 aromatic rings. The smallest absolute Gasteiger partial charge is 0.243 e. The van der Waals surface area contributed by atoms with E-state index in [-0.39, 0.29) is 29.7 Å². The molecule has 0 aliphatic carbocycles. The monoisotopic (exact) mass is 421 g/mol. The van der Waals surface area contributed by atoms with E-state index in [4.69, 9.17) is 0 Å². The van der Waals surface area contributed by atoms with E-state index in [1.165, 1.54) is 20.7 Å². The molecule has 10 heteroatoms. The van der Waals surface area contributed by atoms with Crippen LogP contribution in [0.2, 0.25) is 0 Å². The Morgan fingerprint density at radius 2 is 1.67 bits per heavy atom. The van der Waals surface area contributed by atoms with Crippen molar-refractivity contribution in [3.05, 3.63) is 30.1 Å². The molecule has 2 rings (SSSR count). The summed E-state index contributed by atoms with van der Waals surface area (Å²) >= 11 is 0. The number of nitrogens with zero attached hydrogens (tertiary/aromatic N) is 2. The molecule has 0 atom stereocenters. The third kappa shape index (κ3) is 6.21. The second kappa shape index (κ2) is 9.42. The van der Waals surface area contributed by atoms with E-state index in [9.17, 15) is 21.2 Å². The van der Waals surface area contributed by atoms with Crippen molar-refractivity contribution in [3.63, 3.8) is 0 Å². The van der Waals surface area contributed by atoms with Crippen LogP contribution in [0.1, 0.15) is 20.3 Å². The molecule has 1 aliphatic rings. The van der Waals surface area contributed by atoms with Crippen LogP contribution in [0.3, 0.4) is 0 Å². The Bertz CT molecular complexity index is 805. The molecule has 1 heterocycles. The molecule has 0 unspecified atom stereocenters. The van der Waals surface area contributed by atoms with Gasteiger partial charge in [0.25, 0.3) is 0 Å². The van der Waals surface area contributed by atoms with Crippen LogP contribution < -0.4 is 5.32 Å². The molecular weight excluding hydrogens is 393 g/mol. The summed E-state index contributed by atoms with van der Waals surface area (Å²) in [5.74, 6) is -0.532. The van der Waals surface area contributed by atoms with Gasteiger partial charge in [0.2, 0.25) is 20.0 Å². The molecule has 1 aliphatic heterocycles. The number of hydrogen-bond donors (Lipinski definition) is 1. The number of benzene rings is 1. The van der Waals surface area contributed by atoms with Gasteiger partial charge in [0.15, 0.2) is 0 Å². The van der Waals surface area contributed by atoms with Crippen LogP contribution in [0.4, 0.5) is 4.39 Å². The van der Waals surface area contributed by atoms with Crippen LogP contribution in [0.25, 0.3) is 0 Å². The van der Waals surface area contributed by atoms with Crippen molar-refractivity contribution in [2.24, 2.45) is 5.92 Å². The van der Waals surface area contributed by atoms with Gasteiger partial charge in [-0.05, 0) is 36.6 Å². The zero-order valence-electron chi connectivity index (χ0n) is 15.8. The van der Waals surface area contributed by atoms with Gasteiger partial charge >= 0.3 is 0 Å². The fourth-order valence-electron chi connectivity index (χ4n) is 2.78. The van der Waals surface area contributed by atoms with E-state index >= 15 is 0 Å². The molecule has 1 saturated heterocycles. The summed E-state index contributed by atoms with van der Waals surface area (Å²) < 4.78 is 66.7. The normalized spacial score (nSPS) is 16.9. The lowest BCUT2D eigenvalue weighted by Crippen LogP contribution is -2.48. The molecule has 1 fully saturated rings. The highest BCUT2D eigenvalue weighted by atomic mass is 32.2. The maximum absolute atomic E-state index is 13.1. The summed E-state index contributed by atoms with van der Waals surface area (Å²) in [5, 5.41) is 3.09. The molecule has 0 amide bonds. The predicted octanol–water partition coefficient (Wildman–Crippen LogP) is 1.10. The van der Waals surface area contributed by atoms with Gasteiger partial charge in [0, 0.05) is 39.3 Å². The van der Waals surface area contributed by atoms with Crippen LogP contribution >= 0.6 is 0 Å². The Morgan fingerprint density at radius 3 is 2.22 bits per heavy atom. The Hall–Kier alpha value is -1.07. The lowest BCUT2D eigenvalue weighted by atomic mass is 10.1. The van der Waals surface area contributed by atoms with Gasteiger partial charge in [-0.15, -0.1) is 0 Å². The van der Waals surface area contributed by atoms with Crippen molar-refractivity contribution >= 4 is 20.0 Å². The molecule has 154 valence electrons. The van der Waals surface area contributed by atoms with Gasteiger partial charge in [-0.2, -0.15) is 8.61 Å². The predicted molar refractivity (Wildman–Crippen MR) is 103 cm³/mol. The van der Waals surface area contributed by atoms with E-state index < -0.39 is 25.9 Å². The summed E-state index contributed by atoms with van der Waals surface area (Å²) in [4.78, 5) is -0.0350. The van der Waals surface area contributed by atoms with E-state index in [2.05, 4.69) is 5.32 Å². The minimum Gasteiger partial charge on any atom is -0.314 e. The van der Waals surface area contributed by atoms with Crippen molar-refractivity contribution < 1.29 is 21.2 Å². The highest BCUT2D eigenvalue weighted by Gasteiger charge is 2.29. The van der Waals surface area contributed by atoms with Gasteiger partial charge in [0.1, 0.15) is 5.82 Å². The number of halogens is 1. The van der Waals surface area contributed by atoms with Gasteiger partial charge in [-0.3, -0.25) is 0 Å². The van der Waals surface area contributed by atoms with Crippen molar-refractivity contribution in [1.82, 2.24) is 13.9 Å². The van der Waals surface area contributed by atoms with Gasteiger partial charge in [-0.25, -0.2) is 21.2 Å². The van der Waals surface area contributed by atoms with Crippen LogP contribution in [-0.2, 0) is 20.0 Å².